The van der Waals surface area contributed by atoms with Crippen molar-refractivity contribution in [2.24, 2.45) is 0 Å². The van der Waals surface area contributed by atoms with Crippen LogP contribution in [-0.4, -0.2) is 12.9 Å². The summed E-state index contributed by atoms with van der Waals surface area (Å²) in [7, 11) is 0. The van der Waals surface area contributed by atoms with Crippen molar-refractivity contribution in [3.8, 4) is 0 Å². The monoisotopic (exact) mass is 242 g/mol. The summed E-state index contributed by atoms with van der Waals surface area (Å²) in [6.07, 6.45) is -11.4. The zero-order chi connectivity index (χ0) is 12.3. The van der Waals surface area contributed by atoms with Gasteiger partial charge in [0.2, 0.25) is 0 Å². The highest BCUT2D eigenvalue weighted by atomic mass is 19.3. The van der Waals surface area contributed by atoms with E-state index in [1.807, 2.05) is 0 Å². The van der Waals surface area contributed by atoms with E-state index < -0.39 is 25.2 Å². The molecule has 2 unspecified atom stereocenters. The van der Waals surface area contributed by atoms with Crippen LogP contribution in [0.25, 0.3) is 0 Å². The van der Waals surface area contributed by atoms with E-state index in [1.165, 1.54) is 0 Å². The predicted octanol–water partition coefficient (Wildman–Crippen LogP) is 4.24. The van der Waals surface area contributed by atoms with Gasteiger partial charge in [0.25, 0.3) is 12.9 Å². The molecule has 0 aliphatic heterocycles. The Balaban J connectivity index is 2.83. The van der Waals surface area contributed by atoms with E-state index >= 15 is 0 Å². The molecule has 16 heavy (non-hydrogen) atoms. The Hall–Kier alpha value is -1.20. The quantitative estimate of drug-likeness (QED) is 0.693. The van der Waals surface area contributed by atoms with Gasteiger partial charge in [0, 0.05) is 0 Å². The highest BCUT2D eigenvalue weighted by molar-refractivity contribution is 5.26. The summed E-state index contributed by atoms with van der Waals surface area (Å²) in [4.78, 5) is 0. The highest BCUT2D eigenvalue weighted by Crippen LogP contribution is 2.28. The third kappa shape index (κ3) is 2.90. The smallest absolute Gasteiger partial charge is 0.236 e. The lowest BCUT2D eigenvalue weighted by molar-refractivity contribution is 0.0476. The van der Waals surface area contributed by atoms with E-state index in [4.69, 9.17) is 0 Å². The van der Waals surface area contributed by atoms with Gasteiger partial charge in [0.15, 0.2) is 12.3 Å². The molecule has 0 bridgehead atoms. The van der Waals surface area contributed by atoms with E-state index in [0.29, 0.717) is 0 Å². The summed E-state index contributed by atoms with van der Waals surface area (Å²) in [6.45, 7) is 0. The first-order valence-electron chi connectivity index (χ1n) is 4.37. The van der Waals surface area contributed by atoms with E-state index in [0.717, 1.165) is 24.3 Å². The van der Waals surface area contributed by atoms with Gasteiger partial charge in [-0.15, -0.1) is 0 Å². The minimum atomic E-state index is -3.19. The summed E-state index contributed by atoms with van der Waals surface area (Å²) in [5.41, 5.74) is -0.722. The van der Waals surface area contributed by atoms with Crippen molar-refractivity contribution in [3.63, 3.8) is 0 Å². The maximum absolute atomic E-state index is 12.8. The fourth-order valence-corrected chi connectivity index (χ4v) is 1.15. The molecule has 6 heteroatoms. The Morgan fingerprint density at radius 3 is 1.00 bits per heavy atom. The van der Waals surface area contributed by atoms with Gasteiger partial charge in [0.1, 0.15) is 0 Å². The summed E-state index contributed by atoms with van der Waals surface area (Å²) in [5, 5.41) is 0. The van der Waals surface area contributed by atoms with E-state index in [1.54, 1.807) is 0 Å². The molecule has 0 amide bonds. The molecule has 1 rings (SSSR count). The average molecular weight is 242 g/mol. The molecular weight excluding hydrogens is 234 g/mol. The van der Waals surface area contributed by atoms with Crippen LogP contribution in [-0.2, 0) is 0 Å². The molecule has 0 fully saturated rings. The van der Waals surface area contributed by atoms with Crippen LogP contribution < -0.4 is 0 Å². The van der Waals surface area contributed by atoms with Gasteiger partial charge in [-0.25, -0.2) is 26.3 Å². The van der Waals surface area contributed by atoms with Gasteiger partial charge in [-0.3, -0.25) is 0 Å². The van der Waals surface area contributed by atoms with Crippen LogP contribution in [0.3, 0.4) is 0 Å². The molecule has 0 saturated heterocycles. The summed E-state index contributed by atoms with van der Waals surface area (Å²) in [6, 6.07) is 3.50. The lowest BCUT2D eigenvalue weighted by Gasteiger charge is -2.10. The fraction of sp³-hybridized carbons (Fsp3) is 0.400. The second kappa shape index (κ2) is 5.23. The van der Waals surface area contributed by atoms with E-state index in [-0.39, 0.29) is 11.1 Å². The summed E-state index contributed by atoms with van der Waals surface area (Å²) >= 11 is 0. The molecule has 2 atom stereocenters. The molecule has 90 valence electrons. The largest absolute Gasteiger partial charge is 0.273 e. The first-order chi connectivity index (χ1) is 7.43. The molecule has 0 aliphatic rings. The van der Waals surface area contributed by atoms with Crippen LogP contribution in [0.2, 0.25) is 0 Å². The van der Waals surface area contributed by atoms with Crippen molar-refractivity contribution in [3.05, 3.63) is 35.4 Å². The van der Waals surface area contributed by atoms with Gasteiger partial charge < -0.3 is 0 Å². The standard InChI is InChI=1S/C10H8F6/c11-7(9(13)14)5-1-2-6(4-3-5)8(12)10(15)16/h1-4,7-10H. The Kier molecular flexibility index (Phi) is 4.20. The highest BCUT2D eigenvalue weighted by Gasteiger charge is 2.24. The molecule has 0 saturated carbocycles. The number of hydrogen-bond acceptors (Lipinski definition) is 0. The van der Waals surface area contributed by atoms with E-state index in [2.05, 4.69) is 0 Å². The number of halogens is 6. The Morgan fingerprint density at radius 1 is 0.562 bits per heavy atom. The molecule has 0 radical (unpaired) electrons. The van der Waals surface area contributed by atoms with Gasteiger partial charge in [-0.1, -0.05) is 24.3 Å². The SMILES string of the molecule is FC(F)C(F)c1ccc(C(F)C(F)F)cc1. The van der Waals surface area contributed by atoms with Crippen molar-refractivity contribution in [2.75, 3.05) is 0 Å². The van der Waals surface area contributed by atoms with Gasteiger partial charge in [0.05, 0.1) is 0 Å². The first kappa shape index (κ1) is 12.9. The molecular formula is C10H8F6. The topological polar surface area (TPSA) is 0 Å². The van der Waals surface area contributed by atoms with Crippen LogP contribution in [0, 0.1) is 0 Å². The van der Waals surface area contributed by atoms with Crippen molar-refractivity contribution in [2.45, 2.75) is 25.2 Å². The predicted molar refractivity (Wildman–Crippen MR) is 46.1 cm³/mol. The second-order valence-electron chi connectivity index (χ2n) is 3.14. The van der Waals surface area contributed by atoms with Crippen LogP contribution in [0.4, 0.5) is 26.3 Å². The molecule has 0 aliphatic carbocycles. The van der Waals surface area contributed by atoms with Crippen molar-refractivity contribution < 1.29 is 26.3 Å². The van der Waals surface area contributed by atoms with Crippen molar-refractivity contribution in [1.29, 1.82) is 0 Å². The second-order valence-corrected chi connectivity index (χ2v) is 3.14. The number of hydrogen-bond donors (Lipinski definition) is 0. The number of benzene rings is 1. The van der Waals surface area contributed by atoms with Crippen LogP contribution in [0.1, 0.15) is 23.5 Å². The minimum Gasteiger partial charge on any atom is -0.236 e. The Morgan fingerprint density at radius 2 is 0.812 bits per heavy atom. The van der Waals surface area contributed by atoms with Crippen molar-refractivity contribution >= 4 is 0 Å². The van der Waals surface area contributed by atoms with Crippen LogP contribution in [0.5, 0.6) is 0 Å². The molecule has 1 aromatic rings. The molecule has 0 nitrogen and oxygen atoms in total. The first-order valence-corrected chi connectivity index (χ1v) is 4.37. The van der Waals surface area contributed by atoms with Crippen molar-refractivity contribution in [1.82, 2.24) is 0 Å². The third-order valence-electron chi connectivity index (χ3n) is 2.02. The molecule has 1 aromatic carbocycles. The maximum Gasteiger partial charge on any atom is 0.273 e. The van der Waals surface area contributed by atoms with E-state index in [9.17, 15) is 26.3 Å². The molecule has 0 aromatic heterocycles. The average Bonchev–Trinajstić information content (AvgIpc) is 2.27. The summed E-state index contributed by atoms with van der Waals surface area (Å²) in [5.74, 6) is 0. The third-order valence-corrected chi connectivity index (χ3v) is 2.02. The van der Waals surface area contributed by atoms with Gasteiger partial charge in [-0.2, -0.15) is 0 Å². The number of alkyl halides is 6. The van der Waals surface area contributed by atoms with Crippen LogP contribution >= 0.6 is 0 Å². The zero-order valence-corrected chi connectivity index (χ0v) is 7.89. The number of rotatable bonds is 4. The zero-order valence-electron chi connectivity index (χ0n) is 7.89. The molecule has 0 heterocycles. The molecule has 0 N–H and O–H groups in total. The normalized spacial score (nSPS) is 15.5. The Labute approximate surface area is 87.9 Å². The van der Waals surface area contributed by atoms with Gasteiger partial charge >= 0.3 is 0 Å². The summed E-state index contributed by atoms with van der Waals surface area (Å²) < 4.78 is 73.2. The van der Waals surface area contributed by atoms with Crippen LogP contribution in [0.15, 0.2) is 24.3 Å². The lowest BCUT2D eigenvalue weighted by Crippen LogP contribution is -2.05. The minimum absolute atomic E-state index is 0.361. The van der Waals surface area contributed by atoms with Gasteiger partial charge in [-0.05, 0) is 11.1 Å². The maximum atomic E-state index is 12.8. The fourth-order valence-electron chi connectivity index (χ4n) is 1.15. The lowest BCUT2D eigenvalue weighted by atomic mass is 10.1. The molecule has 0 spiro atoms. The Bertz CT molecular complexity index is 288.